The van der Waals surface area contributed by atoms with Gasteiger partial charge in [-0.05, 0) is 86.9 Å². The number of hydrogen-bond acceptors (Lipinski definition) is 4. The highest BCUT2D eigenvalue weighted by molar-refractivity contribution is 9.10. The van der Waals surface area contributed by atoms with E-state index in [-0.39, 0.29) is 11.6 Å². The van der Waals surface area contributed by atoms with E-state index in [9.17, 15) is 4.79 Å². The number of aryl methyl sites for hydroxylation is 1. The first-order chi connectivity index (χ1) is 20.0. The number of fused-ring (bicyclic) bond motifs is 3. The van der Waals surface area contributed by atoms with Gasteiger partial charge in [0, 0.05) is 10.6 Å². The van der Waals surface area contributed by atoms with Crippen molar-refractivity contribution in [1.29, 1.82) is 0 Å². The summed E-state index contributed by atoms with van der Waals surface area (Å²) in [6, 6.07) is 32.0. The number of ether oxygens (including phenoxy) is 1. The van der Waals surface area contributed by atoms with E-state index in [1.165, 1.54) is 22.5 Å². The van der Waals surface area contributed by atoms with E-state index in [0.29, 0.717) is 21.0 Å². The number of aromatic nitrogens is 1. The molecular formula is C34H24BrClN2O2S. The molecule has 0 amide bonds. The first-order valence-corrected chi connectivity index (χ1v) is 15.4. The molecule has 4 aromatic carbocycles. The highest BCUT2D eigenvalue weighted by Gasteiger charge is 2.32. The minimum absolute atomic E-state index is 0.0420. The van der Waals surface area contributed by atoms with Gasteiger partial charge in [-0.25, -0.2) is 4.99 Å². The van der Waals surface area contributed by atoms with Crippen molar-refractivity contribution >= 4 is 50.6 Å². The topological polar surface area (TPSA) is 43.6 Å². The van der Waals surface area contributed by atoms with Crippen LogP contribution in [0.5, 0.6) is 5.75 Å². The average molecular weight is 640 g/mol. The lowest BCUT2D eigenvalue weighted by Crippen LogP contribution is -2.38. The highest BCUT2D eigenvalue weighted by atomic mass is 79.9. The predicted octanol–water partition coefficient (Wildman–Crippen LogP) is 7.31. The van der Waals surface area contributed by atoms with Crippen LogP contribution in [-0.4, -0.2) is 4.57 Å². The number of nitrogens with zero attached hydrogens (tertiary/aromatic N) is 2. The standard InChI is InChI=1S/C34H24BrClN2O2S/c35-28-18-22(10-17-29(28)40-20-21-6-2-1-3-7-21)19-30-33(39)38-32(24-11-14-25(36)15-12-24)27-16-13-23-8-4-5-9-26(23)31(27)37-34(38)41-30/h1-12,14-15,17-19,32H,13,16,20H2/b30-19+/t32-/m1/s1. The molecule has 5 aromatic rings. The van der Waals surface area contributed by atoms with E-state index >= 15 is 0 Å². The zero-order valence-electron chi connectivity index (χ0n) is 21.9. The van der Waals surface area contributed by atoms with Crippen molar-refractivity contribution in [2.24, 2.45) is 4.99 Å². The number of thiazole rings is 1. The third-order valence-corrected chi connectivity index (χ3v) is 9.40. The summed E-state index contributed by atoms with van der Waals surface area (Å²) in [5, 5.41) is 0.672. The summed E-state index contributed by atoms with van der Waals surface area (Å²) in [5.41, 5.74) is 7.61. The average Bonchev–Trinajstić information content (AvgIpc) is 3.30. The summed E-state index contributed by atoms with van der Waals surface area (Å²) in [5.74, 6) is 0.751. The van der Waals surface area contributed by atoms with Crippen molar-refractivity contribution in [1.82, 2.24) is 4.57 Å². The van der Waals surface area contributed by atoms with E-state index in [4.69, 9.17) is 21.3 Å². The zero-order valence-corrected chi connectivity index (χ0v) is 25.0. The molecule has 4 nitrogen and oxygen atoms in total. The first kappa shape index (κ1) is 26.2. The van der Waals surface area contributed by atoms with Crippen molar-refractivity contribution in [3.05, 3.63) is 160 Å². The second-order valence-electron chi connectivity index (χ2n) is 10.1. The van der Waals surface area contributed by atoms with E-state index in [1.54, 1.807) is 0 Å². The van der Waals surface area contributed by atoms with Crippen LogP contribution in [0.1, 0.15) is 40.3 Å². The third-order valence-electron chi connectivity index (χ3n) is 7.55. The van der Waals surface area contributed by atoms with E-state index in [1.807, 2.05) is 83.4 Å². The van der Waals surface area contributed by atoms with Gasteiger partial charge in [-0.1, -0.05) is 95.7 Å². The maximum atomic E-state index is 14.0. The number of allylic oxidation sites excluding steroid dienone is 1. The maximum Gasteiger partial charge on any atom is 0.271 e. The minimum atomic E-state index is -0.227. The number of hydrogen-bond donors (Lipinski definition) is 0. The normalized spacial score (nSPS) is 16.0. The Kier molecular flexibility index (Phi) is 6.99. The van der Waals surface area contributed by atoms with Gasteiger partial charge in [-0.15, -0.1) is 0 Å². The Bertz CT molecular complexity index is 2000. The smallest absolute Gasteiger partial charge is 0.271 e. The fourth-order valence-electron chi connectivity index (χ4n) is 5.58. The van der Waals surface area contributed by atoms with Gasteiger partial charge in [0.2, 0.25) is 0 Å². The lowest BCUT2D eigenvalue weighted by Gasteiger charge is -2.30. The van der Waals surface area contributed by atoms with Crippen LogP contribution >= 0.6 is 38.9 Å². The molecule has 7 rings (SSSR count). The van der Waals surface area contributed by atoms with Gasteiger partial charge < -0.3 is 4.74 Å². The number of rotatable bonds is 5. The number of benzene rings is 4. The summed E-state index contributed by atoms with van der Waals surface area (Å²) in [6.07, 6.45) is 3.71. The van der Waals surface area contributed by atoms with Crippen LogP contribution in [0.3, 0.4) is 0 Å². The van der Waals surface area contributed by atoms with Gasteiger partial charge in [-0.2, -0.15) is 0 Å². The molecule has 0 saturated heterocycles. The first-order valence-electron chi connectivity index (χ1n) is 13.4. The Balaban J connectivity index is 1.31. The summed E-state index contributed by atoms with van der Waals surface area (Å²) >= 11 is 11.3. The van der Waals surface area contributed by atoms with Crippen LogP contribution in [0.15, 0.2) is 117 Å². The molecule has 7 heteroatoms. The molecule has 41 heavy (non-hydrogen) atoms. The molecule has 0 radical (unpaired) electrons. The summed E-state index contributed by atoms with van der Waals surface area (Å²) in [7, 11) is 0. The van der Waals surface area contributed by atoms with Crippen molar-refractivity contribution in [3.63, 3.8) is 0 Å². The van der Waals surface area contributed by atoms with Crippen molar-refractivity contribution in [2.45, 2.75) is 25.5 Å². The fourth-order valence-corrected chi connectivity index (χ4v) is 7.22. The molecule has 1 aromatic heterocycles. The van der Waals surface area contributed by atoms with Crippen LogP contribution in [0.4, 0.5) is 0 Å². The van der Waals surface area contributed by atoms with Crippen LogP contribution in [-0.2, 0) is 13.0 Å². The molecule has 1 aliphatic heterocycles. The van der Waals surface area contributed by atoms with E-state index < -0.39 is 0 Å². The number of halogens is 2. The van der Waals surface area contributed by atoms with E-state index in [2.05, 4.69) is 40.2 Å². The Hall–Kier alpha value is -3.71. The van der Waals surface area contributed by atoms with Crippen LogP contribution in [0.2, 0.25) is 5.02 Å². The van der Waals surface area contributed by atoms with Crippen LogP contribution in [0.25, 0.3) is 11.8 Å². The summed E-state index contributed by atoms with van der Waals surface area (Å²) in [4.78, 5) is 19.8. The van der Waals surface area contributed by atoms with Gasteiger partial charge >= 0.3 is 0 Å². The Morgan fingerprint density at radius 2 is 1.76 bits per heavy atom. The Morgan fingerprint density at radius 1 is 0.976 bits per heavy atom. The lowest BCUT2D eigenvalue weighted by atomic mass is 9.83. The molecule has 0 spiro atoms. The molecule has 1 atom stereocenters. The zero-order chi connectivity index (χ0) is 27.9. The molecule has 0 unspecified atom stereocenters. The van der Waals surface area contributed by atoms with Crippen LogP contribution < -0.4 is 19.6 Å². The molecule has 0 bridgehead atoms. The lowest BCUT2D eigenvalue weighted by molar-refractivity contribution is 0.304. The quantitative estimate of drug-likeness (QED) is 0.202. The molecule has 0 fully saturated rings. The Labute approximate surface area is 254 Å². The van der Waals surface area contributed by atoms with Gasteiger partial charge in [0.25, 0.3) is 5.56 Å². The van der Waals surface area contributed by atoms with E-state index in [0.717, 1.165) is 51.0 Å². The monoisotopic (exact) mass is 638 g/mol. The van der Waals surface area contributed by atoms with Crippen LogP contribution in [0, 0.1) is 0 Å². The fraction of sp³-hybridized carbons (Fsp3) is 0.118. The highest BCUT2D eigenvalue weighted by Crippen LogP contribution is 2.41. The summed E-state index contributed by atoms with van der Waals surface area (Å²) < 4.78 is 9.35. The molecule has 2 aliphatic rings. The van der Waals surface area contributed by atoms with Crippen molar-refractivity contribution < 1.29 is 4.74 Å². The van der Waals surface area contributed by atoms with Gasteiger partial charge in [0.05, 0.1) is 20.7 Å². The van der Waals surface area contributed by atoms with Gasteiger partial charge in [0.1, 0.15) is 12.4 Å². The third kappa shape index (κ3) is 5.01. The molecule has 1 aliphatic carbocycles. The van der Waals surface area contributed by atoms with Crippen molar-refractivity contribution in [3.8, 4) is 5.75 Å². The Morgan fingerprint density at radius 3 is 2.56 bits per heavy atom. The van der Waals surface area contributed by atoms with Gasteiger partial charge in [0.15, 0.2) is 4.80 Å². The van der Waals surface area contributed by atoms with Crippen molar-refractivity contribution in [2.75, 3.05) is 0 Å². The maximum absolute atomic E-state index is 14.0. The second kappa shape index (κ2) is 10.9. The SMILES string of the molecule is O=c1/c(=C\c2ccc(OCc3ccccc3)c(Br)c2)sc2n1[C@H](c1ccc(Cl)cc1)C1=C(N=2)c2ccccc2CC1. The molecule has 0 N–H and O–H groups in total. The molecule has 202 valence electrons. The second-order valence-corrected chi connectivity index (χ2v) is 12.4. The van der Waals surface area contributed by atoms with Gasteiger partial charge in [-0.3, -0.25) is 9.36 Å². The molecule has 0 saturated carbocycles. The largest absolute Gasteiger partial charge is 0.488 e. The summed E-state index contributed by atoms with van der Waals surface area (Å²) in [6.45, 7) is 0.482. The molecule has 2 heterocycles. The molecular weight excluding hydrogens is 616 g/mol. The predicted molar refractivity (Wildman–Crippen MR) is 169 cm³/mol. The minimum Gasteiger partial charge on any atom is -0.488 e.